The Balaban J connectivity index is 3.39. The van der Waals surface area contributed by atoms with Crippen molar-refractivity contribution in [2.45, 2.75) is 11.9 Å². The predicted molar refractivity (Wildman–Crippen MR) is 45.4 cm³/mol. The molecule has 0 spiro atoms. The van der Waals surface area contributed by atoms with Crippen LogP contribution >= 0.6 is 11.6 Å². The molecule has 0 aromatic carbocycles. The Hall–Kier alpha value is -0.650. The van der Waals surface area contributed by atoms with E-state index in [1.807, 2.05) is 0 Å². The SMILES string of the molecule is Cc1cc(Cl)cnc1S(N)(=O)=O. The summed E-state index contributed by atoms with van der Waals surface area (Å²) in [6, 6.07) is 1.49. The summed E-state index contributed by atoms with van der Waals surface area (Å²) in [7, 11) is -3.72. The van der Waals surface area contributed by atoms with Crippen LogP contribution in [0.1, 0.15) is 5.56 Å². The Bertz CT molecular complexity index is 402. The van der Waals surface area contributed by atoms with Crippen LogP contribution in [0.4, 0.5) is 0 Å². The van der Waals surface area contributed by atoms with Gasteiger partial charge in [0.2, 0.25) is 0 Å². The van der Waals surface area contributed by atoms with Crippen LogP contribution in [0.2, 0.25) is 5.02 Å². The third-order valence-corrected chi connectivity index (χ3v) is 2.44. The van der Waals surface area contributed by atoms with E-state index in [1.165, 1.54) is 12.3 Å². The van der Waals surface area contributed by atoms with Gasteiger partial charge in [0.15, 0.2) is 5.03 Å². The number of hydrogen-bond acceptors (Lipinski definition) is 3. The quantitative estimate of drug-likeness (QED) is 0.735. The maximum absolute atomic E-state index is 10.8. The Labute approximate surface area is 75.4 Å². The van der Waals surface area contributed by atoms with Crippen LogP contribution in [-0.2, 0) is 10.0 Å². The molecule has 0 amide bonds. The van der Waals surface area contributed by atoms with Gasteiger partial charge in [-0.3, -0.25) is 0 Å². The lowest BCUT2D eigenvalue weighted by Crippen LogP contribution is -2.15. The summed E-state index contributed by atoms with van der Waals surface area (Å²) in [4.78, 5) is 3.60. The van der Waals surface area contributed by atoms with Gasteiger partial charge in [0.25, 0.3) is 10.0 Å². The molecule has 0 saturated heterocycles. The van der Waals surface area contributed by atoms with Crippen LogP contribution in [0.15, 0.2) is 17.3 Å². The van der Waals surface area contributed by atoms with E-state index in [4.69, 9.17) is 16.7 Å². The minimum atomic E-state index is -3.72. The molecule has 0 radical (unpaired) electrons. The molecule has 1 heterocycles. The molecular formula is C6H7ClN2O2S. The van der Waals surface area contributed by atoms with Crippen molar-refractivity contribution >= 4 is 21.6 Å². The molecular weight excluding hydrogens is 200 g/mol. The van der Waals surface area contributed by atoms with Gasteiger partial charge in [-0.15, -0.1) is 0 Å². The molecule has 6 heteroatoms. The molecule has 0 saturated carbocycles. The van der Waals surface area contributed by atoms with E-state index in [9.17, 15) is 8.42 Å². The third kappa shape index (κ3) is 1.94. The summed E-state index contributed by atoms with van der Waals surface area (Å²) in [5.41, 5.74) is 0.449. The van der Waals surface area contributed by atoms with Crippen LogP contribution in [-0.4, -0.2) is 13.4 Å². The summed E-state index contributed by atoms with van der Waals surface area (Å²) in [6.45, 7) is 1.58. The predicted octanol–water partition coefficient (Wildman–Crippen LogP) is 0.691. The second-order valence-corrected chi connectivity index (χ2v) is 4.23. The fraction of sp³-hybridized carbons (Fsp3) is 0.167. The van der Waals surface area contributed by atoms with E-state index in [-0.39, 0.29) is 5.03 Å². The minimum Gasteiger partial charge on any atom is -0.242 e. The van der Waals surface area contributed by atoms with Crippen molar-refractivity contribution in [3.8, 4) is 0 Å². The van der Waals surface area contributed by atoms with Crippen molar-refractivity contribution in [1.29, 1.82) is 0 Å². The molecule has 1 rings (SSSR count). The number of aromatic nitrogens is 1. The number of aryl methyl sites for hydroxylation is 1. The molecule has 0 fully saturated rings. The zero-order valence-corrected chi connectivity index (χ0v) is 7.85. The molecule has 1 aromatic rings. The molecule has 2 N–H and O–H groups in total. The Morgan fingerprint density at radius 3 is 2.58 bits per heavy atom. The highest BCUT2D eigenvalue weighted by atomic mass is 35.5. The fourth-order valence-corrected chi connectivity index (χ4v) is 1.75. The molecule has 66 valence electrons. The number of pyridine rings is 1. The van der Waals surface area contributed by atoms with Crippen molar-refractivity contribution < 1.29 is 8.42 Å². The number of nitrogens with two attached hydrogens (primary N) is 1. The van der Waals surface area contributed by atoms with Crippen LogP contribution in [0, 0.1) is 6.92 Å². The third-order valence-electron chi connectivity index (χ3n) is 1.27. The largest absolute Gasteiger partial charge is 0.255 e. The van der Waals surface area contributed by atoms with Gasteiger partial charge in [-0.05, 0) is 18.6 Å². The van der Waals surface area contributed by atoms with E-state index in [0.717, 1.165) is 0 Å². The van der Waals surface area contributed by atoms with Gasteiger partial charge in [0.05, 0.1) is 5.02 Å². The van der Waals surface area contributed by atoms with E-state index >= 15 is 0 Å². The lowest BCUT2D eigenvalue weighted by Gasteiger charge is -2.00. The van der Waals surface area contributed by atoms with Crippen LogP contribution in [0.25, 0.3) is 0 Å². The van der Waals surface area contributed by atoms with E-state index < -0.39 is 10.0 Å². The monoisotopic (exact) mass is 206 g/mol. The summed E-state index contributed by atoms with van der Waals surface area (Å²) in [5.74, 6) is 0. The summed E-state index contributed by atoms with van der Waals surface area (Å²) < 4.78 is 21.7. The standard InChI is InChI=1S/C6H7ClN2O2S/c1-4-2-5(7)3-9-6(4)12(8,10)11/h2-3H,1H3,(H2,8,10,11). The smallest absolute Gasteiger partial charge is 0.242 e. The first-order valence-corrected chi connectivity index (χ1v) is 4.98. The Morgan fingerprint density at radius 1 is 1.58 bits per heavy atom. The Kier molecular flexibility index (Phi) is 2.36. The molecule has 0 unspecified atom stereocenters. The maximum Gasteiger partial charge on any atom is 0.255 e. The van der Waals surface area contributed by atoms with Gasteiger partial charge in [-0.2, -0.15) is 0 Å². The highest BCUT2D eigenvalue weighted by molar-refractivity contribution is 7.89. The van der Waals surface area contributed by atoms with Gasteiger partial charge >= 0.3 is 0 Å². The highest BCUT2D eigenvalue weighted by Crippen LogP contribution is 2.14. The maximum atomic E-state index is 10.8. The molecule has 0 aliphatic carbocycles. The molecule has 0 aliphatic heterocycles. The minimum absolute atomic E-state index is 0.132. The van der Waals surface area contributed by atoms with Crippen LogP contribution < -0.4 is 5.14 Å². The molecule has 0 aliphatic rings. The van der Waals surface area contributed by atoms with Gasteiger partial charge < -0.3 is 0 Å². The molecule has 0 atom stereocenters. The lowest BCUT2D eigenvalue weighted by molar-refractivity contribution is 0.593. The lowest BCUT2D eigenvalue weighted by atomic mass is 10.3. The topological polar surface area (TPSA) is 73.0 Å². The van der Waals surface area contributed by atoms with Crippen molar-refractivity contribution in [1.82, 2.24) is 4.98 Å². The fourth-order valence-electron chi connectivity index (χ4n) is 0.826. The van der Waals surface area contributed by atoms with Crippen molar-refractivity contribution in [2.75, 3.05) is 0 Å². The van der Waals surface area contributed by atoms with Gasteiger partial charge in [-0.1, -0.05) is 11.6 Å². The number of hydrogen-bond donors (Lipinski definition) is 1. The normalized spacial score (nSPS) is 11.6. The summed E-state index contributed by atoms with van der Waals surface area (Å²) in [5, 5.41) is 5.13. The number of nitrogens with zero attached hydrogens (tertiary/aromatic N) is 1. The van der Waals surface area contributed by atoms with E-state index in [0.29, 0.717) is 10.6 Å². The number of halogens is 1. The molecule has 1 aromatic heterocycles. The molecule has 12 heavy (non-hydrogen) atoms. The van der Waals surface area contributed by atoms with Crippen molar-refractivity contribution in [3.63, 3.8) is 0 Å². The van der Waals surface area contributed by atoms with E-state index in [1.54, 1.807) is 6.92 Å². The van der Waals surface area contributed by atoms with E-state index in [2.05, 4.69) is 4.98 Å². The Morgan fingerprint density at radius 2 is 2.17 bits per heavy atom. The number of sulfonamides is 1. The average molecular weight is 207 g/mol. The van der Waals surface area contributed by atoms with Crippen LogP contribution in [0.5, 0.6) is 0 Å². The molecule has 4 nitrogen and oxygen atoms in total. The molecule has 0 bridgehead atoms. The first-order valence-electron chi connectivity index (χ1n) is 3.06. The van der Waals surface area contributed by atoms with Gasteiger partial charge in [-0.25, -0.2) is 18.5 Å². The second kappa shape index (κ2) is 3.01. The van der Waals surface area contributed by atoms with Crippen molar-refractivity contribution in [3.05, 3.63) is 22.8 Å². The number of rotatable bonds is 1. The average Bonchev–Trinajstić information content (AvgIpc) is 1.83. The highest BCUT2D eigenvalue weighted by Gasteiger charge is 2.12. The second-order valence-electron chi connectivity index (χ2n) is 2.32. The first kappa shape index (κ1) is 9.44. The van der Waals surface area contributed by atoms with Gasteiger partial charge in [0.1, 0.15) is 0 Å². The zero-order chi connectivity index (χ0) is 9.35. The van der Waals surface area contributed by atoms with Crippen molar-refractivity contribution in [2.24, 2.45) is 5.14 Å². The first-order chi connectivity index (χ1) is 5.41. The van der Waals surface area contributed by atoms with Gasteiger partial charge in [0, 0.05) is 6.20 Å². The van der Waals surface area contributed by atoms with Crippen LogP contribution in [0.3, 0.4) is 0 Å². The zero-order valence-electron chi connectivity index (χ0n) is 6.28. The summed E-state index contributed by atoms with van der Waals surface area (Å²) in [6.07, 6.45) is 1.24. The summed E-state index contributed by atoms with van der Waals surface area (Å²) >= 11 is 5.57. The number of primary sulfonamides is 1.